The maximum Gasteiger partial charge on any atom is 0.240 e. The number of hydrogen-bond acceptors (Lipinski definition) is 4. The molecule has 0 aliphatic carbocycles. The third kappa shape index (κ3) is 5.44. The molecule has 5 nitrogen and oxygen atoms in total. The van der Waals surface area contributed by atoms with E-state index in [0.717, 1.165) is 24.7 Å². The lowest BCUT2D eigenvalue weighted by Gasteiger charge is -2.32. The Morgan fingerprint density at radius 2 is 1.84 bits per heavy atom. The van der Waals surface area contributed by atoms with E-state index < -0.39 is 11.6 Å². The Balaban J connectivity index is 1.46. The lowest BCUT2D eigenvalue weighted by atomic mass is 10.1. The van der Waals surface area contributed by atoms with Gasteiger partial charge in [0.1, 0.15) is 17.5 Å². The molecule has 0 saturated carbocycles. The molecule has 2 heterocycles. The van der Waals surface area contributed by atoms with Gasteiger partial charge in [-0.15, -0.1) is 0 Å². The van der Waals surface area contributed by atoms with Crippen molar-refractivity contribution >= 4 is 5.91 Å². The van der Waals surface area contributed by atoms with Gasteiger partial charge in [-0.3, -0.25) is 9.69 Å². The van der Waals surface area contributed by atoms with Crippen molar-refractivity contribution in [1.29, 1.82) is 0 Å². The molecule has 2 saturated heterocycles. The Labute approximate surface area is 180 Å². The zero-order valence-corrected chi connectivity index (χ0v) is 17.3. The first-order valence-corrected chi connectivity index (χ1v) is 10.6. The van der Waals surface area contributed by atoms with E-state index in [0.29, 0.717) is 38.2 Å². The number of rotatable bonds is 6. The molecule has 2 fully saturated rings. The van der Waals surface area contributed by atoms with Gasteiger partial charge in [0, 0.05) is 63.5 Å². The van der Waals surface area contributed by atoms with Crippen LogP contribution in [0.1, 0.15) is 17.5 Å². The van der Waals surface area contributed by atoms with Gasteiger partial charge >= 0.3 is 0 Å². The highest BCUT2D eigenvalue weighted by Gasteiger charge is 2.38. The number of carbonyl (C=O) groups excluding carboxylic acids is 1. The molecule has 2 unspecified atom stereocenters. The van der Waals surface area contributed by atoms with E-state index in [2.05, 4.69) is 15.5 Å². The normalized spacial score (nSPS) is 22.1. The largest absolute Gasteiger partial charge is 0.339 e. The van der Waals surface area contributed by atoms with Gasteiger partial charge in [-0.2, -0.15) is 0 Å². The topological polar surface area (TPSA) is 47.6 Å². The summed E-state index contributed by atoms with van der Waals surface area (Å²) >= 11 is 0. The summed E-state index contributed by atoms with van der Waals surface area (Å²) in [6.07, 6.45) is 0.584. The van der Waals surface area contributed by atoms with Crippen LogP contribution in [0, 0.1) is 17.5 Å². The number of likely N-dealkylation sites (tertiary alicyclic amines) is 1. The first-order valence-electron chi connectivity index (χ1n) is 10.6. The van der Waals surface area contributed by atoms with Crippen molar-refractivity contribution in [3.63, 3.8) is 0 Å². The molecule has 2 N–H and O–H groups in total. The van der Waals surface area contributed by atoms with Gasteiger partial charge in [0.2, 0.25) is 5.91 Å². The number of nitrogens with zero attached hydrogens (tertiary/aromatic N) is 2. The molecular weight excluding hydrogens is 405 g/mol. The van der Waals surface area contributed by atoms with Gasteiger partial charge in [-0.25, -0.2) is 13.2 Å². The summed E-state index contributed by atoms with van der Waals surface area (Å²) in [6.45, 7) is 4.18. The van der Waals surface area contributed by atoms with Crippen LogP contribution in [0.25, 0.3) is 0 Å². The molecule has 8 heteroatoms. The molecule has 31 heavy (non-hydrogen) atoms. The number of benzene rings is 2. The van der Waals surface area contributed by atoms with Crippen LogP contribution in [-0.4, -0.2) is 60.5 Å². The number of carbonyl (C=O) groups is 1. The predicted molar refractivity (Wildman–Crippen MR) is 112 cm³/mol. The van der Waals surface area contributed by atoms with Crippen molar-refractivity contribution in [2.24, 2.45) is 0 Å². The minimum atomic E-state index is -0.606. The van der Waals surface area contributed by atoms with Crippen molar-refractivity contribution < 1.29 is 18.0 Å². The molecule has 2 aliphatic heterocycles. The summed E-state index contributed by atoms with van der Waals surface area (Å²) in [5, 5.41) is 6.56. The maximum atomic E-state index is 14.0. The van der Waals surface area contributed by atoms with Gasteiger partial charge < -0.3 is 15.5 Å². The Morgan fingerprint density at radius 1 is 1.06 bits per heavy atom. The minimum Gasteiger partial charge on any atom is -0.339 e. The lowest BCUT2D eigenvalue weighted by Crippen LogP contribution is -2.52. The Kier molecular flexibility index (Phi) is 6.89. The summed E-state index contributed by atoms with van der Waals surface area (Å²) in [6, 6.07) is 9.59. The molecule has 1 amide bonds. The predicted octanol–water partition coefficient (Wildman–Crippen LogP) is 2.27. The van der Waals surface area contributed by atoms with Crippen molar-refractivity contribution in [3.8, 4) is 0 Å². The third-order valence-electron chi connectivity index (χ3n) is 5.99. The molecule has 4 rings (SSSR count). The molecular formula is C23H27F3N4O. The van der Waals surface area contributed by atoms with Crippen LogP contribution in [-0.2, 0) is 17.9 Å². The Morgan fingerprint density at radius 3 is 2.58 bits per heavy atom. The van der Waals surface area contributed by atoms with Crippen LogP contribution in [0.5, 0.6) is 0 Å². The smallest absolute Gasteiger partial charge is 0.240 e. The number of hydrogen-bond donors (Lipinski definition) is 2. The molecule has 2 aliphatic rings. The van der Waals surface area contributed by atoms with Gasteiger partial charge in [-0.1, -0.05) is 18.2 Å². The van der Waals surface area contributed by atoms with E-state index >= 15 is 0 Å². The van der Waals surface area contributed by atoms with Crippen molar-refractivity contribution in [3.05, 3.63) is 71.0 Å². The van der Waals surface area contributed by atoms with Gasteiger partial charge in [0.05, 0.1) is 6.04 Å². The SMILES string of the molecule is O=C(C1CC(NCc2ccc(F)cc2F)CN1Cc1cccc(F)c1)N1CCNCC1. The van der Waals surface area contributed by atoms with Gasteiger partial charge in [0.15, 0.2) is 0 Å². The zero-order valence-electron chi connectivity index (χ0n) is 17.3. The van der Waals surface area contributed by atoms with E-state index in [4.69, 9.17) is 0 Å². The fraction of sp³-hybridized carbons (Fsp3) is 0.435. The van der Waals surface area contributed by atoms with Crippen molar-refractivity contribution in [1.82, 2.24) is 20.4 Å². The molecule has 166 valence electrons. The quantitative estimate of drug-likeness (QED) is 0.736. The summed E-state index contributed by atoms with van der Waals surface area (Å²) in [7, 11) is 0. The van der Waals surface area contributed by atoms with Crippen molar-refractivity contribution in [2.75, 3.05) is 32.7 Å². The highest BCUT2D eigenvalue weighted by molar-refractivity contribution is 5.82. The maximum absolute atomic E-state index is 14.0. The van der Waals surface area contributed by atoms with Crippen LogP contribution in [0.15, 0.2) is 42.5 Å². The van der Waals surface area contributed by atoms with Crippen LogP contribution in [0.4, 0.5) is 13.2 Å². The third-order valence-corrected chi connectivity index (χ3v) is 5.99. The summed E-state index contributed by atoms with van der Waals surface area (Å²) in [5.74, 6) is -1.42. The highest BCUT2D eigenvalue weighted by atomic mass is 19.1. The standard InChI is InChI=1S/C23H27F3N4O/c24-18-3-1-2-16(10-18)14-30-15-20(28-13-17-4-5-19(25)11-21(17)26)12-22(30)23(31)29-8-6-27-7-9-29/h1-5,10-11,20,22,27-28H,6-9,12-15H2. The first kappa shape index (κ1) is 21.8. The van der Waals surface area contributed by atoms with Gasteiger partial charge in [-0.05, 0) is 30.2 Å². The second-order valence-corrected chi connectivity index (χ2v) is 8.20. The average molecular weight is 432 g/mol. The number of amides is 1. The molecule has 0 bridgehead atoms. The van der Waals surface area contributed by atoms with Crippen molar-refractivity contribution in [2.45, 2.75) is 31.6 Å². The van der Waals surface area contributed by atoms with E-state index in [1.54, 1.807) is 6.07 Å². The van der Waals surface area contributed by atoms with Crippen LogP contribution in [0.3, 0.4) is 0 Å². The summed E-state index contributed by atoms with van der Waals surface area (Å²) in [5.41, 5.74) is 1.19. The molecule has 2 atom stereocenters. The molecule has 0 radical (unpaired) electrons. The molecule has 0 spiro atoms. The number of piperazine rings is 1. The lowest BCUT2D eigenvalue weighted by molar-refractivity contribution is -0.136. The Hall–Kier alpha value is -2.42. The molecule has 2 aromatic rings. The van der Waals surface area contributed by atoms with E-state index in [-0.39, 0.29) is 30.4 Å². The van der Waals surface area contributed by atoms with Gasteiger partial charge in [0.25, 0.3) is 0 Å². The average Bonchev–Trinajstić information content (AvgIpc) is 3.16. The minimum absolute atomic E-state index is 0.0325. The summed E-state index contributed by atoms with van der Waals surface area (Å²) in [4.78, 5) is 17.2. The van der Waals surface area contributed by atoms with Crippen LogP contribution in [0.2, 0.25) is 0 Å². The molecule has 0 aromatic heterocycles. The molecule has 2 aromatic carbocycles. The number of halogens is 3. The van der Waals surface area contributed by atoms with Crippen LogP contribution >= 0.6 is 0 Å². The highest BCUT2D eigenvalue weighted by Crippen LogP contribution is 2.24. The summed E-state index contributed by atoms with van der Waals surface area (Å²) < 4.78 is 40.8. The fourth-order valence-electron chi connectivity index (χ4n) is 4.37. The van der Waals surface area contributed by atoms with E-state index in [1.807, 2.05) is 11.0 Å². The van der Waals surface area contributed by atoms with E-state index in [9.17, 15) is 18.0 Å². The number of nitrogens with one attached hydrogen (secondary N) is 2. The fourth-order valence-corrected chi connectivity index (χ4v) is 4.37. The first-order chi connectivity index (χ1) is 15.0. The van der Waals surface area contributed by atoms with Crippen LogP contribution < -0.4 is 10.6 Å². The second-order valence-electron chi connectivity index (χ2n) is 8.20. The monoisotopic (exact) mass is 432 g/mol. The van der Waals surface area contributed by atoms with E-state index in [1.165, 1.54) is 24.3 Å². The Bertz CT molecular complexity index is 919. The second kappa shape index (κ2) is 9.80. The zero-order chi connectivity index (χ0) is 21.8.